The van der Waals surface area contributed by atoms with Crippen molar-refractivity contribution in [2.24, 2.45) is 0 Å². The highest BCUT2D eigenvalue weighted by atomic mass is 127. The second-order valence-electron chi connectivity index (χ2n) is 2.83. The molecule has 1 rings (SSSR count). The molecule has 0 fully saturated rings. The van der Waals surface area contributed by atoms with Gasteiger partial charge < -0.3 is 4.98 Å². The molecule has 80 valence electrons. The molecule has 1 aromatic rings. The Morgan fingerprint density at radius 2 is 1.64 bits per heavy atom. The zero-order valence-electron chi connectivity index (χ0n) is 8.33. The van der Waals surface area contributed by atoms with Crippen molar-refractivity contribution in [2.45, 2.75) is 5.79 Å². The van der Waals surface area contributed by atoms with Crippen LogP contribution in [0, 0.1) is 7.14 Å². The second kappa shape index (κ2) is 5.10. The Kier molecular flexibility index (Phi) is 4.62. The zero-order chi connectivity index (χ0) is 10.8. The summed E-state index contributed by atoms with van der Waals surface area (Å²) in [5, 5.41) is 9.67. The van der Waals surface area contributed by atoms with Gasteiger partial charge in [0.1, 0.15) is 0 Å². The molecule has 14 heavy (non-hydrogen) atoms. The van der Waals surface area contributed by atoms with Gasteiger partial charge in [-0.05, 0) is 66.3 Å². The number of aromatic amines is 1. The van der Waals surface area contributed by atoms with E-state index >= 15 is 0 Å². The molecule has 0 saturated heterocycles. The molecule has 0 aliphatic heterocycles. The van der Waals surface area contributed by atoms with Crippen LogP contribution in [0.2, 0.25) is 0 Å². The van der Waals surface area contributed by atoms with Crippen LogP contribution in [-0.2, 0) is 5.79 Å². The molecule has 0 atom stereocenters. The van der Waals surface area contributed by atoms with Gasteiger partial charge in [-0.1, -0.05) is 0 Å². The van der Waals surface area contributed by atoms with E-state index in [0.717, 1.165) is 5.69 Å². The largest absolute Gasteiger partial charge is 0.359 e. The number of hydrogen-bond donors (Lipinski definition) is 4. The summed E-state index contributed by atoms with van der Waals surface area (Å²) in [5.74, 6) is -0.389. The van der Waals surface area contributed by atoms with Crippen LogP contribution in [-0.4, -0.2) is 26.1 Å². The number of hydrogen-bond acceptors (Lipinski definition) is 3. The van der Waals surface area contributed by atoms with Gasteiger partial charge in [-0.3, -0.25) is 16.0 Å². The van der Waals surface area contributed by atoms with E-state index in [1.54, 1.807) is 0 Å². The summed E-state index contributed by atoms with van der Waals surface area (Å²) >= 11 is 4.65. The van der Waals surface area contributed by atoms with E-state index in [0.29, 0.717) is 0 Å². The standard InChI is InChI=1S/C8H14I2N4/c1-11-8(12-2,13-3)7-6(10)5(9)4-14-7/h4,11-14H,1-3H3. The van der Waals surface area contributed by atoms with Crippen molar-refractivity contribution < 1.29 is 0 Å². The van der Waals surface area contributed by atoms with Crippen molar-refractivity contribution in [3.05, 3.63) is 19.0 Å². The van der Waals surface area contributed by atoms with Crippen LogP contribution in [0.15, 0.2) is 6.20 Å². The predicted molar refractivity (Wildman–Crippen MR) is 75.1 cm³/mol. The molecule has 0 saturated carbocycles. The fourth-order valence-corrected chi connectivity index (χ4v) is 2.55. The number of aromatic nitrogens is 1. The number of rotatable bonds is 4. The van der Waals surface area contributed by atoms with E-state index in [1.165, 1.54) is 7.14 Å². The highest BCUT2D eigenvalue weighted by molar-refractivity contribution is 14.1. The molecule has 0 spiro atoms. The molecule has 0 aliphatic rings. The topological polar surface area (TPSA) is 51.9 Å². The predicted octanol–water partition coefficient (Wildman–Crippen LogP) is 0.992. The summed E-state index contributed by atoms with van der Waals surface area (Å²) in [4.78, 5) is 3.26. The molecule has 0 amide bonds. The van der Waals surface area contributed by atoms with Crippen molar-refractivity contribution >= 4 is 45.2 Å². The van der Waals surface area contributed by atoms with Gasteiger partial charge in [-0.2, -0.15) is 0 Å². The molecule has 1 heterocycles. The summed E-state index contributed by atoms with van der Waals surface area (Å²) in [5.41, 5.74) is 1.11. The van der Waals surface area contributed by atoms with Crippen molar-refractivity contribution in [2.75, 3.05) is 21.1 Å². The third kappa shape index (κ3) is 2.08. The lowest BCUT2D eigenvalue weighted by atomic mass is 10.2. The minimum Gasteiger partial charge on any atom is -0.359 e. The molecule has 4 N–H and O–H groups in total. The zero-order valence-corrected chi connectivity index (χ0v) is 12.6. The maximum absolute atomic E-state index is 3.26. The first-order chi connectivity index (χ1) is 6.61. The van der Waals surface area contributed by atoms with Crippen LogP contribution < -0.4 is 16.0 Å². The van der Waals surface area contributed by atoms with E-state index in [9.17, 15) is 0 Å². The van der Waals surface area contributed by atoms with Gasteiger partial charge in [-0.15, -0.1) is 0 Å². The Hall–Kier alpha value is 0.620. The SMILES string of the molecule is CNC(NC)(NC)c1[nH]cc(I)c1I. The number of halogens is 2. The Labute approximate surface area is 111 Å². The van der Waals surface area contributed by atoms with Crippen LogP contribution in [0.1, 0.15) is 5.69 Å². The Bertz CT molecular complexity index is 298. The average Bonchev–Trinajstić information content (AvgIpc) is 2.54. The van der Waals surface area contributed by atoms with E-state index < -0.39 is 0 Å². The molecule has 0 aromatic carbocycles. The van der Waals surface area contributed by atoms with E-state index in [4.69, 9.17) is 0 Å². The highest BCUT2D eigenvalue weighted by Crippen LogP contribution is 2.24. The Morgan fingerprint density at radius 1 is 1.14 bits per heavy atom. The summed E-state index contributed by atoms with van der Waals surface area (Å²) in [6.07, 6.45) is 2.00. The number of nitrogens with one attached hydrogen (secondary N) is 4. The molecule has 4 nitrogen and oxygen atoms in total. The molecular weight excluding hydrogens is 406 g/mol. The van der Waals surface area contributed by atoms with Gasteiger partial charge in [0, 0.05) is 9.77 Å². The smallest absolute Gasteiger partial charge is 0.166 e. The first kappa shape index (κ1) is 12.7. The average molecular weight is 420 g/mol. The van der Waals surface area contributed by atoms with Crippen molar-refractivity contribution in [3.63, 3.8) is 0 Å². The third-order valence-electron chi connectivity index (χ3n) is 2.27. The minimum absolute atomic E-state index is 0.389. The van der Waals surface area contributed by atoms with Crippen molar-refractivity contribution in [1.82, 2.24) is 20.9 Å². The van der Waals surface area contributed by atoms with Crippen molar-refractivity contribution in [3.8, 4) is 0 Å². The third-order valence-corrected chi connectivity index (χ3v) is 5.28. The van der Waals surface area contributed by atoms with Gasteiger partial charge in [0.2, 0.25) is 0 Å². The Balaban J connectivity index is 3.17. The first-order valence-electron chi connectivity index (χ1n) is 4.21. The minimum atomic E-state index is -0.389. The van der Waals surface area contributed by atoms with Gasteiger partial charge in [0.15, 0.2) is 5.79 Å². The van der Waals surface area contributed by atoms with Gasteiger partial charge in [0.25, 0.3) is 0 Å². The maximum atomic E-state index is 3.26. The van der Waals surface area contributed by atoms with E-state index in [2.05, 4.69) is 66.1 Å². The van der Waals surface area contributed by atoms with Crippen LogP contribution in [0.5, 0.6) is 0 Å². The van der Waals surface area contributed by atoms with E-state index in [-0.39, 0.29) is 5.79 Å². The molecule has 0 aliphatic carbocycles. The maximum Gasteiger partial charge on any atom is 0.166 e. The molecule has 1 aromatic heterocycles. The van der Waals surface area contributed by atoms with Crippen LogP contribution >= 0.6 is 45.2 Å². The summed E-state index contributed by atoms with van der Waals surface area (Å²) in [7, 11) is 5.74. The fraction of sp³-hybridized carbons (Fsp3) is 0.500. The quantitative estimate of drug-likeness (QED) is 0.435. The van der Waals surface area contributed by atoms with Crippen LogP contribution in [0.3, 0.4) is 0 Å². The van der Waals surface area contributed by atoms with E-state index in [1.807, 2.05) is 27.3 Å². The molecule has 6 heteroatoms. The second-order valence-corrected chi connectivity index (χ2v) is 5.07. The lowest BCUT2D eigenvalue weighted by Crippen LogP contribution is -2.60. The summed E-state index contributed by atoms with van der Waals surface area (Å²) in [6.45, 7) is 0. The van der Waals surface area contributed by atoms with Crippen molar-refractivity contribution in [1.29, 1.82) is 0 Å². The Morgan fingerprint density at radius 3 is 1.93 bits per heavy atom. The lowest BCUT2D eigenvalue weighted by Gasteiger charge is -2.32. The summed E-state index contributed by atoms with van der Waals surface area (Å²) < 4.78 is 2.45. The van der Waals surface area contributed by atoms with Gasteiger partial charge >= 0.3 is 0 Å². The van der Waals surface area contributed by atoms with Crippen LogP contribution in [0.4, 0.5) is 0 Å². The van der Waals surface area contributed by atoms with Gasteiger partial charge in [-0.25, -0.2) is 0 Å². The molecule has 0 bridgehead atoms. The molecular formula is C8H14I2N4. The van der Waals surface area contributed by atoms with Crippen LogP contribution in [0.25, 0.3) is 0 Å². The van der Waals surface area contributed by atoms with Gasteiger partial charge in [0.05, 0.1) is 9.26 Å². The fourth-order valence-electron chi connectivity index (χ4n) is 1.40. The summed E-state index contributed by atoms with van der Waals surface area (Å²) in [6, 6.07) is 0. The lowest BCUT2D eigenvalue weighted by molar-refractivity contribution is 0.242. The normalized spacial score (nSPS) is 12.1. The molecule has 0 radical (unpaired) electrons. The first-order valence-corrected chi connectivity index (χ1v) is 6.36. The molecule has 0 unspecified atom stereocenters. The highest BCUT2D eigenvalue weighted by Gasteiger charge is 2.30. The monoisotopic (exact) mass is 420 g/mol. The number of H-pyrrole nitrogens is 1.